The number of carboxylic acids is 2. The van der Waals surface area contributed by atoms with E-state index in [1.54, 1.807) is 0 Å². The lowest BCUT2D eigenvalue weighted by molar-refractivity contribution is -0.141. The molecule has 4 N–H and O–H groups in total. The molecule has 8 nitrogen and oxygen atoms in total. The molecule has 120 valence electrons. The predicted molar refractivity (Wildman–Crippen MR) is 83.0 cm³/mol. The van der Waals surface area contributed by atoms with E-state index in [0.29, 0.717) is 0 Å². The first kappa shape index (κ1) is 19.9. The van der Waals surface area contributed by atoms with Crippen molar-refractivity contribution >= 4 is 55.2 Å². The molecule has 0 aromatic heterocycles. The van der Waals surface area contributed by atoms with Crippen LogP contribution in [0.25, 0.3) is 0 Å². The van der Waals surface area contributed by atoms with Gasteiger partial charge in [0, 0.05) is 25.4 Å². The SMILES string of the molecule is CC(=O)N[C@@H](CSSSC[C@H](NC(C)=O)C(=O)O)C(=O)O. The van der Waals surface area contributed by atoms with Gasteiger partial charge < -0.3 is 20.8 Å². The highest BCUT2D eigenvalue weighted by Crippen LogP contribution is 2.35. The van der Waals surface area contributed by atoms with Gasteiger partial charge in [-0.3, -0.25) is 9.59 Å². The minimum absolute atomic E-state index is 0.143. The van der Waals surface area contributed by atoms with Crippen molar-refractivity contribution in [3.63, 3.8) is 0 Å². The van der Waals surface area contributed by atoms with Gasteiger partial charge in [-0.1, -0.05) is 21.6 Å². The van der Waals surface area contributed by atoms with Crippen LogP contribution in [0.4, 0.5) is 0 Å². The molecule has 0 aliphatic rings. The minimum atomic E-state index is -1.13. The molecular weight excluding hydrogens is 340 g/mol. The zero-order valence-electron chi connectivity index (χ0n) is 11.3. The summed E-state index contributed by atoms with van der Waals surface area (Å²) in [4.78, 5) is 43.3. The fraction of sp³-hybridized carbons (Fsp3) is 0.600. The molecule has 0 heterocycles. The summed E-state index contributed by atoms with van der Waals surface area (Å²) in [6.07, 6.45) is 0. The Morgan fingerprint density at radius 2 is 1.19 bits per heavy atom. The standard InChI is InChI=1S/C10H16N2O6S3/c1-5(13)11-7(9(15)16)3-19-21-20-4-8(10(17)18)12-6(2)14/h7-8H,3-4H2,1-2H3,(H,11,13)(H,12,14)(H,15,16)(H,17,18)/t7-,8-/m0/s1. The summed E-state index contributed by atoms with van der Waals surface area (Å²) in [6, 6.07) is -1.99. The Kier molecular flexibility index (Phi) is 10.1. The van der Waals surface area contributed by atoms with E-state index in [1.807, 2.05) is 0 Å². The van der Waals surface area contributed by atoms with Crippen molar-refractivity contribution < 1.29 is 29.4 Å². The lowest BCUT2D eigenvalue weighted by Gasteiger charge is -2.13. The minimum Gasteiger partial charge on any atom is -0.480 e. The van der Waals surface area contributed by atoms with E-state index in [0.717, 1.165) is 0 Å². The second kappa shape index (κ2) is 10.6. The van der Waals surface area contributed by atoms with Crippen molar-refractivity contribution in [1.29, 1.82) is 0 Å². The Morgan fingerprint density at radius 3 is 1.43 bits per heavy atom. The smallest absolute Gasteiger partial charge is 0.327 e. The molecule has 2 amide bonds. The first-order chi connectivity index (χ1) is 9.73. The number of aliphatic carboxylic acids is 2. The quantitative estimate of drug-likeness (QED) is 0.320. The Bertz CT molecular complexity index is 370. The molecule has 0 bridgehead atoms. The highest BCUT2D eigenvalue weighted by Gasteiger charge is 2.20. The van der Waals surface area contributed by atoms with E-state index in [4.69, 9.17) is 10.2 Å². The summed E-state index contributed by atoms with van der Waals surface area (Å²) in [5.74, 6) is -2.85. The Labute approximate surface area is 133 Å². The predicted octanol–water partition coefficient (Wildman–Crippen LogP) is 0.195. The van der Waals surface area contributed by atoms with Crippen molar-refractivity contribution in [2.45, 2.75) is 25.9 Å². The highest BCUT2D eigenvalue weighted by molar-refractivity contribution is 9.09. The third-order valence-electron chi connectivity index (χ3n) is 1.92. The molecule has 0 saturated heterocycles. The van der Waals surface area contributed by atoms with Crippen LogP contribution < -0.4 is 10.6 Å². The summed E-state index contributed by atoms with van der Waals surface area (Å²) in [5, 5.41) is 22.3. The molecule has 0 radical (unpaired) electrons. The summed E-state index contributed by atoms with van der Waals surface area (Å²) in [6.45, 7) is 2.46. The molecule has 11 heteroatoms. The van der Waals surface area contributed by atoms with Gasteiger partial charge in [0.15, 0.2) is 0 Å². The molecule has 0 aromatic carbocycles. The van der Waals surface area contributed by atoms with E-state index in [2.05, 4.69) is 10.6 Å². The van der Waals surface area contributed by atoms with E-state index in [-0.39, 0.29) is 11.5 Å². The van der Waals surface area contributed by atoms with Gasteiger partial charge in [-0.25, -0.2) is 9.59 Å². The number of carbonyl (C=O) groups is 4. The van der Waals surface area contributed by atoms with Crippen LogP contribution in [-0.2, 0) is 19.2 Å². The van der Waals surface area contributed by atoms with E-state index >= 15 is 0 Å². The summed E-state index contributed by atoms with van der Waals surface area (Å²) >= 11 is 0. The molecule has 2 atom stereocenters. The molecule has 0 spiro atoms. The normalized spacial score (nSPS) is 13.0. The van der Waals surface area contributed by atoms with Gasteiger partial charge >= 0.3 is 11.9 Å². The fourth-order valence-electron chi connectivity index (χ4n) is 1.07. The van der Waals surface area contributed by atoms with Gasteiger partial charge in [-0.15, -0.1) is 0 Å². The largest absolute Gasteiger partial charge is 0.480 e. The maximum absolute atomic E-state index is 10.8. The second-order valence-corrected chi connectivity index (χ2v) is 8.14. The van der Waals surface area contributed by atoms with Crippen LogP contribution in [0.1, 0.15) is 13.8 Å². The van der Waals surface area contributed by atoms with Crippen molar-refractivity contribution in [2.24, 2.45) is 0 Å². The van der Waals surface area contributed by atoms with Gasteiger partial charge in [0.05, 0.1) is 0 Å². The maximum atomic E-state index is 10.8. The average molecular weight is 356 g/mol. The number of hydrogen-bond acceptors (Lipinski definition) is 7. The van der Waals surface area contributed by atoms with Gasteiger partial charge in [-0.05, 0) is 9.83 Å². The van der Waals surface area contributed by atoms with Crippen LogP contribution in [0, 0.1) is 0 Å². The Morgan fingerprint density at radius 1 is 0.857 bits per heavy atom. The lowest BCUT2D eigenvalue weighted by atomic mass is 10.3. The number of nitrogens with one attached hydrogen (secondary N) is 2. The first-order valence-corrected chi connectivity index (χ1v) is 9.47. The van der Waals surface area contributed by atoms with E-state index in [1.165, 1.54) is 45.3 Å². The summed E-state index contributed by atoms with van der Waals surface area (Å²) < 4.78 is 0. The van der Waals surface area contributed by atoms with E-state index in [9.17, 15) is 19.2 Å². The number of carbonyl (C=O) groups excluding carboxylic acids is 2. The molecule has 0 fully saturated rings. The molecule has 0 aromatic rings. The molecule has 0 aliphatic heterocycles. The highest BCUT2D eigenvalue weighted by atomic mass is 33.5. The Hall–Kier alpha value is -1.07. The molecule has 0 rings (SSSR count). The van der Waals surface area contributed by atoms with E-state index < -0.39 is 35.8 Å². The maximum Gasteiger partial charge on any atom is 0.327 e. The zero-order valence-corrected chi connectivity index (χ0v) is 13.8. The average Bonchev–Trinajstić information content (AvgIpc) is 2.34. The first-order valence-electron chi connectivity index (χ1n) is 5.65. The van der Waals surface area contributed by atoms with Crippen LogP contribution in [0.15, 0.2) is 0 Å². The molecule has 0 saturated carbocycles. The van der Waals surface area contributed by atoms with Crippen molar-refractivity contribution in [3.8, 4) is 0 Å². The summed E-state index contributed by atoms with van der Waals surface area (Å²) in [7, 11) is 3.57. The van der Waals surface area contributed by atoms with Gasteiger partial charge in [0.1, 0.15) is 12.1 Å². The van der Waals surface area contributed by atoms with Crippen molar-refractivity contribution in [2.75, 3.05) is 11.5 Å². The van der Waals surface area contributed by atoms with Crippen LogP contribution >= 0.6 is 31.4 Å². The van der Waals surface area contributed by atoms with Crippen LogP contribution in [0.5, 0.6) is 0 Å². The molecular formula is C10H16N2O6S3. The topological polar surface area (TPSA) is 133 Å². The number of carboxylic acid groups (broad SMARTS) is 2. The second-order valence-electron chi connectivity index (χ2n) is 3.82. The molecule has 21 heavy (non-hydrogen) atoms. The third kappa shape index (κ3) is 10.3. The summed E-state index contributed by atoms with van der Waals surface area (Å²) in [5.41, 5.74) is 0. The molecule has 0 aliphatic carbocycles. The van der Waals surface area contributed by atoms with Crippen molar-refractivity contribution in [3.05, 3.63) is 0 Å². The lowest BCUT2D eigenvalue weighted by Crippen LogP contribution is -2.41. The molecule has 0 unspecified atom stereocenters. The third-order valence-corrected chi connectivity index (χ3v) is 6.17. The fourth-order valence-corrected chi connectivity index (χ4v) is 4.94. The number of amides is 2. The number of hydrogen-bond donors (Lipinski definition) is 4. The van der Waals surface area contributed by atoms with Gasteiger partial charge in [0.2, 0.25) is 11.8 Å². The van der Waals surface area contributed by atoms with Gasteiger partial charge in [0.25, 0.3) is 0 Å². The van der Waals surface area contributed by atoms with Crippen molar-refractivity contribution in [1.82, 2.24) is 10.6 Å². The number of rotatable bonds is 10. The van der Waals surface area contributed by atoms with Crippen LogP contribution in [0.3, 0.4) is 0 Å². The Balaban J connectivity index is 4.01. The van der Waals surface area contributed by atoms with Crippen LogP contribution in [0.2, 0.25) is 0 Å². The van der Waals surface area contributed by atoms with Gasteiger partial charge in [-0.2, -0.15) is 0 Å². The zero-order chi connectivity index (χ0) is 16.4. The monoisotopic (exact) mass is 356 g/mol. The van der Waals surface area contributed by atoms with Crippen LogP contribution in [-0.4, -0.2) is 57.6 Å².